The van der Waals surface area contributed by atoms with E-state index in [0.717, 1.165) is 26.2 Å². The van der Waals surface area contributed by atoms with E-state index < -0.39 is 0 Å². The summed E-state index contributed by atoms with van der Waals surface area (Å²) in [5.74, 6) is 6.71. The number of ether oxygens (including phenoxy) is 1. The standard InChI is InChI=1S/C10H19N3O3/c11-13-6-8-4-12(5-9(8)7-13)10(15)16-3-1-2-14/h8-9,14H,1-7,11H2/t8-,9+. The van der Waals surface area contributed by atoms with Crippen LogP contribution in [0.2, 0.25) is 0 Å². The molecule has 3 N–H and O–H groups in total. The highest BCUT2D eigenvalue weighted by molar-refractivity contribution is 5.68. The van der Waals surface area contributed by atoms with Gasteiger partial charge in [-0.15, -0.1) is 0 Å². The molecule has 92 valence electrons. The van der Waals surface area contributed by atoms with Crippen LogP contribution in [0.15, 0.2) is 0 Å². The van der Waals surface area contributed by atoms with Crippen LogP contribution in [-0.2, 0) is 4.74 Å². The molecule has 0 radical (unpaired) electrons. The van der Waals surface area contributed by atoms with Crippen LogP contribution >= 0.6 is 0 Å². The summed E-state index contributed by atoms with van der Waals surface area (Å²) in [5.41, 5.74) is 0. The zero-order valence-corrected chi connectivity index (χ0v) is 9.34. The van der Waals surface area contributed by atoms with Crippen LogP contribution in [-0.4, -0.2) is 60.5 Å². The molecule has 0 unspecified atom stereocenters. The third kappa shape index (κ3) is 2.45. The number of rotatable bonds is 3. The number of nitrogens with two attached hydrogens (primary N) is 1. The number of hydrogen-bond donors (Lipinski definition) is 2. The van der Waals surface area contributed by atoms with Gasteiger partial charge in [-0.25, -0.2) is 9.80 Å². The molecule has 1 amide bonds. The lowest BCUT2D eigenvalue weighted by Crippen LogP contribution is -2.36. The molecule has 0 aromatic carbocycles. The maximum Gasteiger partial charge on any atom is 0.409 e. The van der Waals surface area contributed by atoms with Crippen molar-refractivity contribution in [1.29, 1.82) is 0 Å². The average molecular weight is 229 g/mol. The Hall–Kier alpha value is -0.850. The molecule has 2 rings (SSSR count). The van der Waals surface area contributed by atoms with Gasteiger partial charge < -0.3 is 14.7 Å². The molecule has 2 aliphatic rings. The summed E-state index contributed by atoms with van der Waals surface area (Å²) in [7, 11) is 0. The van der Waals surface area contributed by atoms with E-state index in [1.807, 2.05) is 5.01 Å². The first kappa shape index (κ1) is 11.6. The summed E-state index contributed by atoms with van der Waals surface area (Å²) in [6, 6.07) is 0. The van der Waals surface area contributed by atoms with Crippen molar-refractivity contribution in [3.8, 4) is 0 Å². The number of likely N-dealkylation sites (tertiary alicyclic amines) is 1. The van der Waals surface area contributed by atoms with Gasteiger partial charge in [-0.05, 0) is 11.8 Å². The minimum atomic E-state index is -0.258. The number of carbonyl (C=O) groups is 1. The summed E-state index contributed by atoms with van der Waals surface area (Å²) in [6.45, 7) is 3.58. The van der Waals surface area contributed by atoms with Crippen LogP contribution in [0.4, 0.5) is 4.79 Å². The molecule has 2 aliphatic heterocycles. The molecular formula is C10H19N3O3. The molecule has 0 saturated carbocycles. The lowest BCUT2D eigenvalue weighted by Gasteiger charge is -2.18. The topological polar surface area (TPSA) is 79.0 Å². The molecule has 0 aliphatic carbocycles. The molecule has 2 atom stereocenters. The van der Waals surface area contributed by atoms with E-state index in [-0.39, 0.29) is 12.7 Å². The second kappa shape index (κ2) is 4.99. The summed E-state index contributed by atoms with van der Waals surface area (Å²) in [4.78, 5) is 13.4. The average Bonchev–Trinajstić information content (AvgIpc) is 2.74. The van der Waals surface area contributed by atoms with Crippen LogP contribution < -0.4 is 5.84 Å². The Kier molecular flexibility index (Phi) is 3.63. The predicted molar refractivity (Wildman–Crippen MR) is 57.4 cm³/mol. The van der Waals surface area contributed by atoms with Crippen molar-refractivity contribution in [3.63, 3.8) is 0 Å². The van der Waals surface area contributed by atoms with Crippen LogP contribution in [0.25, 0.3) is 0 Å². The van der Waals surface area contributed by atoms with Gasteiger partial charge in [0, 0.05) is 39.2 Å². The Balaban J connectivity index is 1.75. The molecule has 0 spiro atoms. The Bertz CT molecular complexity index is 248. The van der Waals surface area contributed by atoms with E-state index in [4.69, 9.17) is 15.7 Å². The first-order valence-corrected chi connectivity index (χ1v) is 5.73. The molecule has 0 aromatic heterocycles. The van der Waals surface area contributed by atoms with Gasteiger partial charge in [0.1, 0.15) is 0 Å². The van der Waals surface area contributed by atoms with Gasteiger partial charge in [-0.2, -0.15) is 0 Å². The quantitative estimate of drug-likeness (QED) is 0.491. The smallest absolute Gasteiger partial charge is 0.409 e. The number of nitrogens with zero attached hydrogens (tertiary/aromatic N) is 2. The van der Waals surface area contributed by atoms with E-state index in [0.29, 0.717) is 24.9 Å². The Labute approximate surface area is 94.9 Å². The number of fused-ring (bicyclic) bond motifs is 1. The van der Waals surface area contributed by atoms with Gasteiger partial charge in [-0.3, -0.25) is 5.84 Å². The van der Waals surface area contributed by atoms with Crippen molar-refractivity contribution in [3.05, 3.63) is 0 Å². The molecule has 2 fully saturated rings. The highest BCUT2D eigenvalue weighted by Gasteiger charge is 2.41. The number of aliphatic hydroxyl groups is 1. The Morgan fingerprint density at radius 3 is 2.50 bits per heavy atom. The zero-order valence-electron chi connectivity index (χ0n) is 9.34. The third-order valence-corrected chi connectivity index (χ3v) is 3.30. The van der Waals surface area contributed by atoms with E-state index in [1.165, 1.54) is 0 Å². The normalized spacial score (nSPS) is 29.5. The molecular weight excluding hydrogens is 210 g/mol. The van der Waals surface area contributed by atoms with E-state index in [1.54, 1.807) is 4.90 Å². The lowest BCUT2D eigenvalue weighted by atomic mass is 10.0. The fourth-order valence-corrected chi connectivity index (χ4v) is 2.49. The first-order valence-electron chi connectivity index (χ1n) is 5.73. The first-order chi connectivity index (χ1) is 7.70. The van der Waals surface area contributed by atoms with Crippen LogP contribution in [0.5, 0.6) is 0 Å². The molecule has 2 heterocycles. The predicted octanol–water partition coefficient (Wildman–Crippen LogP) is -0.757. The molecule has 6 heteroatoms. The second-order valence-corrected chi connectivity index (χ2v) is 4.57. The van der Waals surface area contributed by atoms with Crippen molar-refractivity contribution in [2.45, 2.75) is 6.42 Å². The van der Waals surface area contributed by atoms with Gasteiger partial charge in [0.2, 0.25) is 0 Å². The van der Waals surface area contributed by atoms with Crippen LogP contribution in [0.1, 0.15) is 6.42 Å². The molecule has 0 aromatic rings. The van der Waals surface area contributed by atoms with E-state index >= 15 is 0 Å². The summed E-state index contributed by atoms with van der Waals surface area (Å²) in [6.07, 6.45) is 0.245. The van der Waals surface area contributed by atoms with Crippen LogP contribution in [0, 0.1) is 11.8 Å². The van der Waals surface area contributed by atoms with Crippen molar-refractivity contribution in [2.24, 2.45) is 17.7 Å². The molecule has 16 heavy (non-hydrogen) atoms. The van der Waals surface area contributed by atoms with Gasteiger partial charge >= 0.3 is 6.09 Å². The minimum absolute atomic E-state index is 0.0562. The highest BCUT2D eigenvalue weighted by atomic mass is 16.6. The zero-order chi connectivity index (χ0) is 11.5. The van der Waals surface area contributed by atoms with Crippen molar-refractivity contribution >= 4 is 6.09 Å². The van der Waals surface area contributed by atoms with E-state index in [2.05, 4.69) is 0 Å². The van der Waals surface area contributed by atoms with Crippen LogP contribution in [0.3, 0.4) is 0 Å². The van der Waals surface area contributed by atoms with E-state index in [9.17, 15) is 4.79 Å². The monoisotopic (exact) mass is 229 g/mol. The molecule has 0 bridgehead atoms. The maximum atomic E-state index is 11.6. The maximum absolute atomic E-state index is 11.6. The largest absolute Gasteiger partial charge is 0.449 e. The highest BCUT2D eigenvalue weighted by Crippen LogP contribution is 2.29. The third-order valence-electron chi connectivity index (χ3n) is 3.30. The van der Waals surface area contributed by atoms with Crippen molar-refractivity contribution in [1.82, 2.24) is 9.91 Å². The van der Waals surface area contributed by atoms with Gasteiger partial charge in [0.15, 0.2) is 0 Å². The van der Waals surface area contributed by atoms with Crippen molar-refractivity contribution in [2.75, 3.05) is 39.4 Å². The Morgan fingerprint density at radius 2 is 1.94 bits per heavy atom. The number of carbonyl (C=O) groups excluding carboxylic acids is 1. The summed E-state index contributed by atoms with van der Waals surface area (Å²) < 4.78 is 5.04. The summed E-state index contributed by atoms with van der Waals surface area (Å²) in [5, 5.41) is 10.4. The Morgan fingerprint density at radius 1 is 1.31 bits per heavy atom. The SMILES string of the molecule is NN1C[C@@H]2CN(C(=O)OCCCO)C[C@@H]2C1. The lowest BCUT2D eigenvalue weighted by molar-refractivity contribution is 0.0991. The van der Waals surface area contributed by atoms with Gasteiger partial charge in [0.25, 0.3) is 0 Å². The number of aliphatic hydroxyl groups excluding tert-OH is 1. The van der Waals surface area contributed by atoms with Gasteiger partial charge in [0.05, 0.1) is 6.61 Å². The summed E-state index contributed by atoms with van der Waals surface area (Å²) >= 11 is 0. The minimum Gasteiger partial charge on any atom is -0.449 e. The number of hydrazine groups is 1. The van der Waals surface area contributed by atoms with Gasteiger partial charge in [-0.1, -0.05) is 0 Å². The molecule has 6 nitrogen and oxygen atoms in total. The fraction of sp³-hybridized carbons (Fsp3) is 0.900. The number of amides is 1. The van der Waals surface area contributed by atoms with Crippen molar-refractivity contribution < 1.29 is 14.6 Å². The molecule has 2 saturated heterocycles. The second-order valence-electron chi connectivity index (χ2n) is 4.57. The number of hydrogen-bond acceptors (Lipinski definition) is 5. The fourth-order valence-electron chi connectivity index (χ4n) is 2.49.